The predicted octanol–water partition coefficient (Wildman–Crippen LogP) is 3.37. The van der Waals surface area contributed by atoms with Crippen molar-refractivity contribution in [3.8, 4) is 0 Å². The quantitative estimate of drug-likeness (QED) is 0.867. The third kappa shape index (κ3) is 1.76. The van der Waals surface area contributed by atoms with Gasteiger partial charge in [-0.05, 0) is 55.4 Å². The average Bonchev–Trinajstić information content (AvgIpc) is 2.21. The molecule has 0 spiro atoms. The molecule has 1 fully saturated rings. The fourth-order valence-electron chi connectivity index (χ4n) is 2.76. The summed E-state index contributed by atoms with van der Waals surface area (Å²) in [6.45, 7) is 6.24. The number of rotatable bonds is 3. The van der Waals surface area contributed by atoms with E-state index in [1.807, 2.05) is 6.92 Å². The van der Waals surface area contributed by atoms with Crippen LogP contribution in [0.5, 0.6) is 0 Å². The molecule has 0 atom stereocenters. The summed E-state index contributed by atoms with van der Waals surface area (Å²) in [5, 5.41) is 9.52. The molecule has 17 heavy (non-hydrogen) atoms. The van der Waals surface area contributed by atoms with Crippen LogP contribution in [0.4, 0.5) is 0 Å². The first kappa shape index (κ1) is 12.2. The number of hydrogen-bond donors (Lipinski definition) is 1. The Labute approximate surface area is 103 Å². The Bertz CT molecular complexity index is 456. The van der Waals surface area contributed by atoms with Crippen LogP contribution >= 0.6 is 0 Å². The SMILES string of the molecule is CCc1cc(C)c(C)c(C2(C(=O)O)CCC2)c1. The first-order valence-electron chi connectivity index (χ1n) is 6.35. The van der Waals surface area contributed by atoms with Crippen LogP contribution in [0.1, 0.15) is 48.4 Å². The number of carbonyl (C=O) groups is 1. The molecule has 1 N–H and O–H groups in total. The maximum atomic E-state index is 11.6. The summed E-state index contributed by atoms with van der Waals surface area (Å²) in [5.41, 5.74) is 4.07. The van der Waals surface area contributed by atoms with Gasteiger partial charge in [-0.1, -0.05) is 25.5 Å². The van der Waals surface area contributed by atoms with Crippen molar-refractivity contribution in [1.29, 1.82) is 0 Å². The highest BCUT2D eigenvalue weighted by Crippen LogP contribution is 2.46. The van der Waals surface area contributed by atoms with Crippen LogP contribution < -0.4 is 0 Å². The van der Waals surface area contributed by atoms with E-state index in [2.05, 4.69) is 26.0 Å². The highest BCUT2D eigenvalue weighted by Gasteiger charge is 2.46. The monoisotopic (exact) mass is 232 g/mol. The van der Waals surface area contributed by atoms with Gasteiger partial charge in [0.15, 0.2) is 0 Å². The highest BCUT2D eigenvalue weighted by atomic mass is 16.4. The van der Waals surface area contributed by atoms with E-state index in [9.17, 15) is 9.90 Å². The van der Waals surface area contributed by atoms with Crippen LogP contribution in [0.3, 0.4) is 0 Å². The molecule has 0 amide bonds. The Balaban J connectivity index is 2.57. The Kier molecular flexibility index (Phi) is 2.98. The van der Waals surface area contributed by atoms with Crippen molar-refractivity contribution >= 4 is 5.97 Å². The van der Waals surface area contributed by atoms with Crippen molar-refractivity contribution < 1.29 is 9.90 Å². The minimum atomic E-state index is -0.653. The van der Waals surface area contributed by atoms with Gasteiger partial charge in [0, 0.05) is 0 Å². The van der Waals surface area contributed by atoms with Gasteiger partial charge in [0.1, 0.15) is 0 Å². The minimum absolute atomic E-state index is 0.597. The van der Waals surface area contributed by atoms with Gasteiger partial charge in [-0.3, -0.25) is 4.79 Å². The van der Waals surface area contributed by atoms with E-state index in [1.54, 1.807) is 0 Å². The molecule has 1 saturated carbocycles. The van der Waals surface area contributed by atoms with Crippen molar-refractivity contribution in [2.75, 3.05) is 0 Å². The molecule has 0 saturated heterocycles. The summed E-state index contributed by atoms with van der Waals surface area (Å²) in [5.74, 6) is -0.653. The summed E-state index contributed by atoms with van der Waals surface area (Å²) in [4.78, 5) is 11.6. The standard InChI is InChI=1S/C15H20O2/c1-4-12-8-10(2)11(3)13(9-12)15(14(16)17)6-5-7-15/h8-9H,4-7H2,1-3H3,(H,16,17). The van der Waals surface area contributed by atoms with Crippen LogP contribution in [0.25, 0.3) is 0 Å². The van der Waals surface area contributed by atoms with Crippen LogP contribution in [-0.2, 0) is 16.6 Å². The second-order valence-electron chi connectivity index (χ2n) is 5.18. The first-order valence-corrected chi connectivity index (χ1v) is 6.35. The van der Waals surface area contributed by atoms with E-state index in [-0.39, 0.29) is 0 Å². The second kappa shape index (κ2) is 4.17. The Morgan fingerprint density at radius 3 is 2.41 bits per heavy atom. The van der Waals surface area contributed by atoms with E-state index in [0.717, 1.165) is 36.8 Å². The molecule has 1 aromatic carbocycles. The Morgan fingerprint density at radius 1 is 1.35 bits per heavy atom. The van der Waals surface area contributed by atoms with Crippen molar-refractivity contribution in [2.45, 2.75) is 51.9 Å². The summed E-state index contributed by atoms with van der Waals surface area (Å²) in [6, 6.07) is 4.28. The van der Waals surface area contributed by atoms with Crippen molar-refractivity contribution in [3.05, 3.63) is 34.4 Å². The topological polar surface area (TPSA) is 37.3 Å². The van der Waals surface area contributed by atoms with Crippen molar-refractivity contribution in [1.82, 2.24) is 0 Å². The smallest absolute Gasteiger partial charge is 0.314 e. The third-order valence-electron chi connectivity index (χ3n) is 4.27. The number of hydrogen-bond acceptors (Lipinski definition) is 1. The van der Waals surface area contributed by atoms with Crippen LogP contribution in [0.2, 0.25) is 0 Å². The molecule has 2 nitrogen and oxygen atoms in total. The zero-order chi connectivity index (χ0) is 12.6. The molecule has 0 heterocycles. The Morgan fingerprint density at radius 2 is 2.00 bits per heavy atom. The first-order chi connectivity index (χ1) is 8.01. The zero-order valence-corrected chi connectivity index (χ0v) is 10.8. The summed E-state index contributed by atoms with van der Waals surface area (Å²) in [6.07, 6.45) is 3.57. The maximum absolute atomic E-state index is 11.6. The van der Waals surface area contributed by atoms with E-state index < -0.39 is 11.4 Å². The lowest BCUT2D eigenvalue weighted by molar-refractivity contribution is -0.147. The minimum Gasteiger partial charge on any atom is -0.481 e. The molecule has 1 aliphatic carbocycles. The molecule has 1 aliphatic rings. The molecule has 0 bridgehead atoms. The number of aryl methyl sites for hydroxylation is 2. The molecule has 0 aromatic heterocycles. The van der Waals surface area contributed by atoms with Crippen molar-refractivity contribution in [2.24, 2.45) is 0 Å². The van der Waals surface area contributed by atoms with E-state index in [1.165, 1.54) is 11.1 Å². The van der Waals surface area contributed by atoms with Gasteiger partial charge < -0.3 is 5.11 Å². The molecular weight excluding hydrogens is 212 g/mol. The summed E-state index contributed by atoms with van der Waals surface area (Å²) >= 11 is 0. The second-order valence-corrected chi connectivity index (χ2v) is 5.18. The van der Waals surface area contributed by atoms with Gasteiger partial charge in [0.2, 0.25) is 0 Å². The third-order valence-corrected chi connectivity index (χ3v) is 4.27. The molecular formula is C15H20O2. The van der Waals surface area contributed by atoms with Crippen LogP contribution in [0, 0.1) is 13.8 Å². The van der Waals surface area contributed by atoms with E-state index >= 15 is 0 Å². The number of benzene rings is 1. The van der Waals surface area contributed by atoms with Gasteiger partial charge in [0.05, 0.1) is 5.41 Å². The van der Waals surface area contributed by atoms with Gasteiger partial charge in [0.25, 0.3) is 0 Å². The molecule has 0 radical (unpaired) electrons. The number of carboxylic acid groups (broad SMARTS) is 1. The van der Waals surface area contributed by atoms with E-state index in [0.29, 0.717) is 0 Å². The fourth-order valence-corrected chi connectivity index (χ4v) is 2.76. The molecule has 1 aromatic rings. The fraction of sp³-hybridized carbons (Fsp3) is 0.533. The molecule has 2 rings (SSSR count). The van der Waals surface area contributed by atoms with Crippen LogP contribution in [-0.4, -0.2) is 11.1 Å². The lowest BCUT2D eigenvalue weighted by Gasteiger charge is -2.39. The lowest BCUT2D eigenvalue weighted by atomic mass is 9.63. The van der Waals surface area contributed by atoms with E-state index in [4.69, 9.17) is 0 Å². The zero-order valence-electron chi connectivity index (χ0n) is 10.8. The van der Waals surface area contributed by atoms with Crippen LogP contribution in [0.15, 0.2) is 12.1 Å². The highest BCUT2D eigenvalue weighted by molar-refractivity contribution is 5.83. The maximum Gasteiger partial charge on any atom is 0.314 e. The summed E-state index contributed by atoms with van der Waals surface area (Å²) in [7, 11) is 0. The average molecular weight is 232 g/mol. The number of aliphatic carboxylic acids is 1. The molecule has 2 heteroatoms. The molecule has 92 valence electrons. The normalized spacial score (nSPS) is 17.6. The van der Waals surface area contributed by atoms with Crippen molar-refractivity contribution in [3.63, 3.8) is 0 Å². The van der Waals surface area contributed by atoms with Gasteiger partial charge in [-0.25, -0.2) is 0 Å². The van der Waals surface area contributed by atoms with Gasteiger partial charge >= 0.3 is 5.97 Å². The Hall–Kier alpha value is -1.31. The van der Waals surface area contributed by atoms with Gasteiger partial charge in [-0.2, -0.15) is 0 Å². The lowest BCUT2D eigenvalue weighted by Crippen LogP contribution is -2.43. The predicted molar refractivity (Wildman–Crippen MR) is 68.5 cm³/mol. The number of carboxylic acids is 1. The summed E-state index contributed by atoms with van der Waals surface area (Å²) < 4.78 is 0. The largest absolute Gasteiger partial charge is 0.481 e. The molecule has 0 aliphatic heterocycles. The van der Waals surface area contributed by atoms with Gasteiger partial charge in [-0.15, -0.1) is 0 Å². The molecule has 0 unspecified atom stereocenters.